The van der Waals surface area contributed by atoms with Gasteiger partial charge in [-0.25, -0.2) is 4.79 Å². The van der Waals surface area contributed by atoms with E-state index in [1.54, 1.807) is 11.0 Å². The summed E-state index contributed by atoms with van der Waals surface area (Å²) in [7, 11) is 0. The van der Waals surface area contributed by atoms with Crippen LogP contribution in [0.25, 0.3) is 0 Å². The number of carbonyl (C=O) groups excluding carboxylic acids is 1. The average molecular weight is 254 g/mol. The van der Waals surface area contributed by atoms with E-state index in [0.29, 0.717) is 19.1 Å². The highest BCUT2D eigenvalue weighted by molar-refractivity contribution is 5.74. The zero-order chi connectivity index (χ0) is 13.4. The Morgan fingerprint density at radius 3 is 2.94 bits per heavy atom. The van der Waals surface area contributed by atoms with Crippen LogP contribution in [0.3, 0.4) is 0 Å². The van der Waals surface area contributed by atoms with Crippen LogP contribution in [0.2, 0.25) is 0 Å². The van der Waals surface area contributed by atoms with Crippen molar-refractivity contribution < 1.29 is 9.90 Å². The first-order valence-corrected chi connectivity index (χ1v) is 6.98. The summed E-state index contributed by atoms with van der Waals surface area (Å²) in [5.41, 5.74) is 0. The van der Waals surface area contributed by atoms with Crippen LogP contribution in [0.4, 0.5) is 4.79 Å². The van der Waals surface area contributed by atoms with Gasteiger partial charge in [0, 0.05) is 19.1 Å². The molecule has 0 spiro atoms. The summed E-state index contributed by atoms with van der Waals surface area (Å²) in [6, 6.07) is 0.216. The summed E-state index contributed by atoms with van der Waals surface area (Å²) in [5.74, 6) is 0.745. The second kappa shape index (κ2) is 8.14. The number of hydrogen-bond donors (Lipinski definition) is 2. The highest BCUT2D eigenvalue weighted by Gasteiger charge is 2.23. The predicted molar refractivity (Wildman–Crippen MR) is 73.4 cm³/mol. The highest BCUT2D eigenvalue weighted by atomic mass is 16.3. The van der Waals surface area contributed by atoms with E-state index in [1.165, 1.54) is 19.3 Å². The lowest BCUT2D eigenvalue weighted by atomic mass is 9.84. The molecule has 1 aliphatic carbocycles. The zero-order valence-electron chi connectivity index (χ0n) is 11.4. The van der Waals surface area contributed by atoms with Crippen LogP contribution >= 0.6 is 0 Å². The largest absolute Gasteiger partial charge is 0.395 e. The first-order valence-electron chi connectivity index (χ1n) is 6.98. The third-order valence-electron chi connectivity index (χ3n) is 3.69. The molecule has 1 aliphatic rings. The fraction of sp³-hybridized carbons (Fsp3) is 0.786. The monoisotopic (exact) mass is 254 g/mol. The van der Waals surface area contributed by atoms with Gasteiger partial charge in [0.05, 0.1) is 6.61 Å². The Balaban J connectivity index is 2.43. The van der Waals surface area contributed by atoms with E-state index in [9.17, 15) is 4.79 Å². The molecule has 2 unspecified atom stereocenters. The maximum absolute atomic E-state index is 12.0. The normalized spacial score (nSPS) is 23.4. The molecule has 1 saturated carbocycles. The van der Waals surface area contributed by atoms with E-state index in [4.69, 9.17) is 5.11 Å². The molecular formula is C14H26N2O2. The Labute approximate surface area is 110 Å². The smallest absolute Gasteiger partial charge is 0.317 e. The van der Waals surface area contributed by atoms with Crippen LogP contribution in [0, 0.1) is 5.92 Å². The number of aliphatic hydroxyl groups is 1. The van der Waals surface area contributed by atoms with E-state index in [-0.39, 0.29) is 12.6 Å². The fourth-order valence-electron chi connectivity index (χ4n) is 2.61. The minimum Gasteiger partial charge on any atom is -0.395 e. The number of nitrogens with zero attached hydrogens (tertiary/aromatic N) is 1. The third-order valence-corrected chi connectivity index (χ3v) is 3.69. The Morgan fingerprint density at radius 2 is 2.33 bits per heavy atom. The second-order valence-corrected chi connectivity index (χ2v) is 5.05. The summed E-state index contributed by atoms with van der Waals surface area (Å²) in [6.45, 7) is 6.68. The van der Waals surface area contributed by atoms with Gasteiger partial charge in [-0.05, 0) is 18.8 Å². The minimum absolute atomic E-state index is 0.0104. The third kappa shape index (κ3) is 4.69. The van der Waals surface area contributed by atoms with Gasteiger partial charge < -0.3 is 15.3 Å². The molecule has 18 heavy (non-hydrogen) atoms. The summed E-state index contributed by atoms with van der Waals surface area (Å²) >= 11 is 0. The number of amides is 2. The van der Waals surface area contributed by atoms with Gasteiger partial charge in [-0.15, -0.1) is 6.58 Å². The Kier molecular flexibility index (Phi) is 6.80. The van der Waals surface area contributed by atoms with Crippen LogP contribution in [-0.2, 0) is 0 Å². The molecule has 0 bridgehead atoms. The molecule has 0 aromatic carbocycles. The zero-order valence-corrected chi connectivity index (χ0v) is 11.4. The molecule has 4 heteroatoms. The number of hydrogen-bond acceptors (Lipinski definition) is 2. The lowest BCUT2D eigenvalue weighted by molar-refractivity contribution is 0.174. The predicted octanol–water partition coefficient (Wildman–Crippen LogP) is 2.15. The van der Waals surface area contributed by atoms with Crippen LogP contribution in [-0.4, -0.2) is 41.8 Å². The van der Waals surface area contributed by atoms with Crippen LogP contribution in [0.1, 0.15) is 39.0 Å². The number of nitrogens with one attached hydrogen (secondary N) is 1. The standard InChI is InChI=1S/C14H26N2O2/c1-3-8-16(9-10-17)14(18)15-13-7-5-6-12(4-2)11-13/h3,12-13,17H,1,4-11H2,2H3,(H,15,18). The Bertz CT molecular complexity index is 269. The first kappa shape index (κ1) is 15.0. The molecule has 2 N–H and O–H groups in total. The summed E-state index contributed by atoms with van der Waals surface area (Å²) in [6.07, 6.45) is 7.53. The SMILES string of the molecule is C=CCN(CCO)C(=O)NC1CCCC(CC)C1. The molecule has 2 atom stereocenters. The van der Waals surface area contributed by atoms with Crippen molar-refractivity contribution in [3.63, 3.8) is 0 Å². The van der Waals surface area contributed by atoms with E-state index in [2.05, 4.69) is 18.8 Å². The van der Waals surface area contributed by atoms with E-state index >= 15 is 0 Å². The Hall–Kier alpha value is -1.03. The molecule has 1 fully saturated rings. The van der Waals surface area contributed by atoms with Crippen molar-refractivity contribution in [3.05, 3.63) is 12.7 Å². The summed E-state index contributed by atoms with van der Waals surface area (Å²) < 4.78 is 0. The molecule has 104 valence electrons. The molecular weight excluding hydrogens is 228 g/mol. The van der Waals surface area contributed by atoms with Crippen molar-refractivity contribution in [1.82, 2.24) is 10.2 Å². The van der Waals surface area contributed by atoms with Crippen molar-refractivity contribution in [2.75, 3.05) is 19.7 Å². The number of carbonyl (C=O) groups is 1. The summed E-state index contributed by atoms with van der Waals surface area (Å²) in [4.78, 5) is 13.6. The lowest BCUT2D eigenvalue weighted by Crippen LogP contribution is -2.47. The van der Waals surface area contributed by atoms with Crippen LogP contribution in [0.15, 0.2) is 12.7 Å². The van der Waals surface area contributed by atoms with Crippen molar-refractivity contribution in [2.24, 2.45) is 5.92 Å². The van der Waals surface area contributed by atoms with Crippen molar-refractivity contribution >= 4 is 6.03 Å². The van der Waals surface area contributed by atoms with E-state index in [1.807, 2.05) is 0 Å². The molecule has 0 aliphatic heterocycles. The van der Waals surface area contributed by atoms with Crippen molar-refractivity contribution in [1.29, 1.82) is 0 Å². The van der Waals surface area contributed by atoms with Gasteiger partial charge in [-0.1, -0.05) is 32.3 Å². The van der Waals surface area contributed by atoms with Gasteiger partial charge in [0.15, 0.2) is 0 Å². The minimum atomic E-state index is -0.0781. The quantitative estimate of drug-likeness (QED) is 0.714. The molecule has 0 heterocycles. The highest BCUT2D eigenvalue weighted by Crippen LogP contribution is 2.26. The molecule has 2 amide bonds. The number of aliphatic hydroxyl groups excluding tert-OH is 1. The van der Waals surface area contributed by atoms with Gasteiger partial charge in [-0.3, -0.25) is 0 Å². The molecule has 0 saturated heterocycles. The Morgan fingerprint density at radius 1 is 1.56 bits per heavy atom. The molecule has 4 nitrogen and oxygen atoms in total. The molecule has 0 aromatic heterocycles. The topological polar surface area (TPSA) is 52.6 Å². The van der Waals surface area contributed by atoms with Crippen molar-refractivity contribution in [3.8, 4) is 0 Å². The van der Waals surface area contributed by atoms with Gasteiger partial charge in [0.2, 0.25) is 0 Å². The van der Waals surface area contributed by atoms with E-state index in [0.717, 1.165) is 18.8 Å². The van der Waals surface area contributed by atoms with Crippen molar-refractivity contribution in [2.45, 2.75) is 45.1 Å². The fourth-order valence-corrected chi connectivity index (χ4v) is 2.61. The van der Waals surface area contributed by atoms with Crippen LogP contribution < -0.4 is 5.32 Å². The van der Waals surface area contributed by atoms with Gasteiger partial charge >= 0.3 is 6.03 Å². The maximum atomic E-state index is 12.0. The molecule has 0 radical (unpaired) electrons. The second-order valence-electron chi connectivity index (χ2n) is 5.05. The lowest BCUT2D eigenvalue weighted by Gasteiger charge is -2.31. The number of rotatable bonds is 6. The van der Waals surface area contributed by atoms with Crippen LogP contribution in [0.5, 0.6) is 0 Å². The average Bonchev–Trinajstić information content (AvgIpc) is 2.38. The maximum Gasteiger partial charge on any atom is 0.317 e. The van der Waals surface area contributed by atoms with Gasteiger partial charge in [-0.2, -0.15) is 0 Å². The molecule has 1 rings (SSSR count). The van der Waals surface area contributed by atoms with Gasteiger partial charge in [0.25, 0.3) is 0 Å². The van der Waals surface area contributed by atoms with E-state index < -0.39 is 0 Å². The van der Waals surface area contributed by atoms with Gasteiger partial charge in [0.1, 0.15) is 0 Å². The summed E-state index contributed by atoms with van der Waals surface area (Å²) in [5, 5.41) is 12.0. The molecule has 0 aromatic rings. The number of urea groups is 1. The first-order chi connectivity index (χ1) is 8.71.